The molecule has 1 aromatic heterocycles. The van der Waals surface area contributed by atoms with Crippen LogP contribution in [0.5, 0.6) is 0 Å². The molecule has 0 fully saturated rings. The molecule has 2 rings (SSSR count). The predicted molar refractivity (Wildman–Crippen MR) is 70.5 cm³/mol. The highest BCUT2D eigenvalue weighted by molar-refractivity contribution is 5.82. The van der Waals surface area contributed by atoms with Gasteiger partial charge >= 0.3 is 5.97 Å². The standard InChI is InChI=1S/C15H18O3/c1-3-4-9-17-15(16)11(2)14-10-12-7-5-6-8-13(12)18-14/h5-8,10-11H,3-4,9H2,1-2H3. The van der Waals surface area contributed by atoms with Crippen LogP contribution in [0, 0.1) is 0 Å². The average molecular weight is 246 g/mol. The molecule has 1 heterocycles. The first-order valence-electron chi connectivity index (χ1n) is 6.37. The summed E-state index contributed by atoms with van der Waals surface area (Å²) in [4.78, 5) is 11.8. The quantitative estimate of drug-likeness (QED) is 0.593. The Hall–Kier alpha value is -1.77. The second-order valence-electron chi connectivity index (χ2n) is 4.43. The Morgan fingerprint density at radius 1 is 1.39 bits per heavy atom. The maximum Gasteiger partial charge on any atom is 0.316 e. The summed E-state index contributed by atoms with van der Waals surface area (Å²) < 4.78 is 10.9. The molecule has 3 nitrogen and oxygen atoms in total. The van der Waals surface area contributed by atoms with Crippen molar-refractivity contribution < 1.29 is 13.9 Å². The fourth-order valence-corrected chi connectivity index (χ4v) is 1.77. The van der Waals surface area contributed by atoms with Gasteiger partial charge in [0.1, 0.15) is 17.3 Å². The molecule has 1 atom stereocenters. The van der Waals surface area contributed by atoms with Crippen LogP contribution in [-0.4, -0.2) is 12.6 Å². The van der Waals surface area contributed by atoms with Gasteiger partial charge in [-0.2, -0.15) is 0 Å². The van der Waals surface area contributed by atoms with Crippen molar-refractivity contribution in [3.8, 4) is 0 Å². The number of hydrogen-bond acceptors (Lipinski definition) is 3. The van der Waals surface area contributed by atoms with Gasteiger partial charge in [-0.25, -0.2) is 0 Å². The molecule has 18 heavy (non-hydrogen) atoms. The number of fused-ring (bicyclic) bond motifs is 1. The molecule has 0 aliphatic rings. The Balaban J connectivity index is 2.08. The van der Waals surface area contributed by atoms with E-state index in [0.29, 0.717) is 12.4 Å². The fourth-order valence-electron chi connectivity index (χ4n) is 1.77. The number of benzene rings is 1. The Bertz CT molecular complexity index is 494. The van der Waals surface area contributed by atoms with Crippen LogP contribution in [-0.2, 0) is 9.53 Å². The average Bonchev–Trinajstić information content (AvgIpc) is 2.81. The fraction of sp³-hybridized carbons (Fsp3) is 0.400. The van der Waals surface area contributed by atoms with Gasteiger partial charge in [0.25, 0.3) is 0 Å². The van der Waals surface area contributed by atoms with Crippen LogP contribution >= 0.6 is 0 Å². The monoisotopic (exact) mass is 246 g/mol. The van der Waals surface area contributed by atoms with Crippen LogP contribution in [0.3, 0.4) is 0 Å². The van der Waals surface area contributed by atoms with E-state index in [9.17, 15) is 4.79 Å². The minimum Gasteiger partial charge on any atom is -0.465 e. The van der Waals surface area contributed by atoms with E-state index in [2.05, 4.69) is 6.92 Å². The van der Waals surface area contributed by atoms with E-state index in [4.69, 9.17) is 9.15 Å². The van der Waals surface area contributed by atoms with Gasteiger partial charge in [0, 0.05) is 5.39 Å². The van der Waals surface area contributed by atoms with Gasteiger partial charge < -0.3 is 9.15 Å². The summed E-state index contributed by atoms with van der Waals surface area (Å²) in [7, 11) is 0. The summed E-state index contributed by atoms with van der Waals surface area (Å²) in [5, 5.41) is 1.01. The number of carbonyl (C=O) groups is 1. The maximum atomic E-state index is 11.8. The first kappa shape index (κ1) is 12.7. The van der Waals surface area contributed by atoms with Crippen LogP contribution in [0.2, 0.25) is 0 Å². The summed E-state index contributed by atoms with van der Waals surface area (Å²) in [5.41, 5.74) is 0.806. The van der Waals surface area contributed by atoms with Crippen LogP contribution in [0.4, 0.5) is 0 Å². The molecule has 96 valence electrons. The van der Waals surface area contributed by atoms with Gasteiger partial charge in [-0.15, -0.1) is 0 Å². The first-order valence-corrected chi connectivity index (χ1v) is 6.37. The van der Waals surface area contributed by atoms with Gasteiger partial charge in [-0.1, -0.05) is 31.5 Å². The number of unbranched alkanes of at least 4 members (excludes halogenated alkanes) is 1. The number of ether oxygens (including phenoxy) is 1. The van der Waals surface area contributed by atoms with E-state index in [1.165, 1.54) is 0 Å². The van der Waals surface area contributed by atoms with E-state index in [0.717, 1.165) is 23.8 Å². The molecule has 0 radical (unpaired) electrons. The van der Waals surface area contributed by atoms with Gasteiger partial charge in [0.15, 0.2) is 0 Å². The van der Waals surface area contributed by atoms with Crippen LogP contribution in [0.1, 0.15) is 38.4 Å². The third-order valence-corrected chi connectivity index (χ3v) is 2.97. The molecule has 0 bridgehead atoms. The lowest BCUT2D eigenvalue weighted by molar-refractivity contribution is -0.145. The minimum absolute atomic E-state index is 0.220. The molecular formula is C15H18O3. The lowest BCUT2D eigenvalue weighted by atomic mass is 10.1. The third-order valence-electron chi connectivity index (χ3n) is 2.97. The molecule has 2 aromatic rings. The van der Waals surface area contributed by atoms with E-state index >= 15 is 0 Å². The highest BCUT2D eigenvalue weighted by atomic mass is 16.5. The molecule has 0 N–H and O–H groups in total. The zero-order chi connectivity index (χ0) is 13.0. The Labute approximate surface area is 107 Å². The molecule has 0 aliphatic heterocycles. The second kappa shape index (κ2) is 5.71. The zero-order valence-corrected chi connectivity index (χ0v) is 10.8. The van der Waals surface area contributed by atoms with Gasteiger partial charge in [0.2, 0.25) is 0 Å². The number of hydrogen-bond donors (Lipinski definition) is 0. The van der Waals surface area contributed by atoms with E-state index in [-0.39, 0.29) is 11.9 Å². The van der Waals surface area contributed by atoms with E-state index in [1.807, 2.05) is 37.3 Å². The van der Waals surface area contributed by atoms with Crippen molar-refractivity contribution in [1.29, 1.82) is 0 Å². The van der Waals surface area contributed by atoms with Crippen molar-refractivity contribution >= 4 is 16.9 Å². The first-order chi connectivity index (χ1) is 8.72. The number of para-hydroxylation sites is 1. The topological polar surface area (TPSA) is 39.4 Å². The van der Waals surface area contributed by atoms with Crippen LogP contribution in [0.15, 0.2) is 34.7 Å². The molecule has 3 heteroatoms. The lowest BCUT2D eigenvalue weighted by Crippen LogP contribution is -2.13. The number of carbonyl (C=O) groups excluding carboxylic acids is 1. The summed E-state index contributed by atoms with van der Waals surface area (Å²) in [6.45, 7) is 4.36. The summed E-state index contributed by atoms with van der Waals surface area (Å²) in [5.74, 6) is 0.0921. The summed E-state index contributed by atoms with van der Waals surface area (Å²) in [6.07, 6.45) is 1.92. The molecule has 0 spiro atoms. The smallest absolute Gasteiger partial charge is 0.316 e. The van der Waals surface area contributed by atoms with Crippen LogP contribution < -0.4 is 0 Å². The van der Waals surface area contributed by atoms with Crippen molar-refractivity contribution in [2.24, 2.45) is 0 Å². The molecule has 0 amide bonds. The van der Waals surface area contributed by atoms with Crippen molar-refractivity contribution in [1.82, 2.24) is 0 Å². The molecule has 0 aliphatic carbocycles. The lowest BCUT2D eigenvalue weighted by Gasteiger charge is -2.08. The van der Waals surface area contributed by atoms with Gasteiger partial charge in [-0.05, 0) is 25.5 Å². The van der Waals surface area contributed by atoms with Crippen molar-refractivity contribution in [3.63, 3.8) is 0 Å². The molecule has 1 unspecified atom stereocenters. The van der Waals surface area contributed by atoms with Crippen molar-refractivity contribution in [2.75, 3.05) is 6.61 Å². The molecule has 0 saturated heterocycles. The van der Waals surface area contributed by atoms with Gasteiger partial charge in [-0.3, -0.25) is 4.79 Å². The Morgan fingerprint density at radius 2 is 2.17 bits per heavy atom. The summed E-state index contributed by atoms with van der Waals surface area (Å²) >= 11 is 0. The minimum atomic E-state index is -0.353. The Kier molecular flexibility index (Phi) is 4.03. The normalized spacial score (nSPS) is 12.6. The number of rotatable bonds is 5. The number of esters is 1. The van der Waals surface area contributed by atoms with E-state index in [1.54, 1.807) is 0 Å². The largest absolute Gasteiger partial charge is 0.465 e. The second-order valence-corrected chi connectivity index (χ2v) is 4.43. The highest BCUT2D eigenvalue weighted by Crippen LogP contribution is 2.25. The Morgan fingerprint density at radius 3 is 2.89 bits per heavy atom. The SMILES string of the molecule is CCCCOC(=O)C(C)c1cc2ccccc2o1. The molecule has 0 saturated carbocycles. The number of furan rings is 1. The summed E-state index contributed by atoms with van der Waals surface area (Å²) in [6, 6.07) is 9.64. The molecule has 1 aromatic carbocycles. The maximum absolute atomic E-state index is 11.8. The van der Waals surface area contributed by atoms with E-state index < -0.39 is 0 Å². The van der Waals surface area contributed by atoms with Crippen molar-refractivity contribution in [2.45, 2.75) is 32.6 Å². The third kappa shape index (κ3) is 2.73. The zero-order valence-electron chi connectivity index (χ0n) is 10.8. The van der Waals surface area contributed by atoms with Gasteiger partial charge in [0.05, 0.1) is 6.61 Å². The predicted octanol–water partition coefficient (Wildman–Crippen LogP) is 3.88. The molecular weight excluding hydrogens is 228 g/mol. The highest BCUT2D eigenvalue weighted by Gasteiger charge is 2.20. The van der Waals surface area contributed by atoms with Crippen molar-refractivity contribution in [3.05, 3.63) is 36.1 Å². The van der Waals surface area contributed by atoms with Crippen LogP contribution in [0.25, 0.3) is 11.0 Å².